The fourth-order valence-corrected chi connectivity index (χ4v) is 5.59. The Morgan fingerprint density at radius 1 is 1.16 bits per heavy atom. The van der Waals surface area contributed by atoms with E-state index in [1.54, 1.807) is 19.6 Å². The summed E-state index contributed by atoms with van der Waals surface area (Å²) in [5.74, 6) is 0.744. The number of aliphatic hydroxyl groups excluding tert-OH is 1. The number of aryl methyl sites for hydroxylation is 1. The molecule has 1 aliphatic rings. The molecule has 8 heteroatoms. The third-order valence-corrected chi connectivity index (χ3v) is 7.66. The van der Waals surface area contributed by atoms with Crippen LogP contribution in [0.4, 0.5) is 0 Å². The van der Waals surface area contributed by atoms with Crippen LogP contribution in [0.1, 0.15) is 62.2 Å². The Kier molecular flexibility index (Phi) is 9.79. The second-order valence-electron chi connectivity index (χ2n) is 10.1. The smallest absolute Gasteiger partial charge is 0.303 e. The van der Waals surface area contributed by atoms with Crippen molar-refractivity contribution in [3.63, 3.8) is 0 Å². The van der Waals surface area contributed by atoms with Gasteiger partial charge in [-0.05, 0) is 105 Å². The first-order chi connectivity index (χ1) is 18.0. The minimum Gasteiger partial charge on any atom is -0.497 e. The molecule has 37 heavy (non-hydrogen) atoms. The normalized spacial score (nSPS) is 19.1. The summed E-state index contributed by atoms with van der Waals surface area (Å²) in [5, 5.41) is 21.3. The monoisotopic (exact) mass is 506 g/mol. The Morgan fingerprint density at radius 2 is 2.00 bits per heavy atom. The average molecular weight is 507 g/mol. The third-order valence-electron chi connectivity index (χ3n) is 7.66. The van der Waals surface area contributed by atoms with E-state index in [1.165, 1.54) is 5.56 Å². The van der Waals surface area contributed by atoms with Crippen LogP contribution in [0.5, 0.6) is 5.75 Å². The number of aliphatic carboxylic acids is 1. The van der Waals surface area contributed by atoms with Crippen molar-refractivity contribution in [2.75, 3.05) is 26.7 Å². The number of piperidine rings is 1. The number of carboxylic acids is 1. The zero-order chi connectivity index (χ0) is 26.0. The number of ether oxygens (including phenoxy) is 1. The van der Waals surface area contributed by atoms with Crippen LogP contribution >= 0.6 is 0 Å². The largest absolute Gasteiger partial charge is 0.497 e. The summed E-state index contributed by atoms with van der Waals surface area (Å²) >= 11 is 0. The molecule has 0 bridgehead atoms. The van der Waals surface area contributed by atoms with Gasteiger partial charge in [0.05, 0.1) is 18.7 Å². The lowest BCUT2D eigenvalue weighted by atomic mass is 9.79. The molecule has 198 valence electrons. The number of carboxylic acid groups (broad SMARTS) is 1. The predicted molar refractivity (Wildman–Crippen MR) is 142 cm³/mol. The highest BCUT2D eigenvalue weighted by molar-refractivity contribution is 5.83. The molecule has 8 nitrogen and oxygen atoms in total. The molecule has 2 N–H and O–H groups in total. The van der Waals surface area contributed by atoms with E-state index in [1.807, 2.05) is 36.7 Å². The van der Waals surface area contributed by atoms with Crippen molar-refractivity contribution in [3.8, 4) is 5.75 Å². The number of nitrogens with zero attached hydrogens (tertiary/aromatic N) is 4. The molecule has 2 aromatic heterocycles. The standard InChI is InChI=1S/C29H38N4O4/c1-37-24-7-8-27-26(16-24)25(11-13-32-27)28(34)9-5-22-12-15-33(19-23(22)6-10-29(35)36)14-3-2-4-21-17-30-20-31-18-21/h7-8,11,13,16-18,20,22-23,28,34H,2-6,9-10,12,14-15,19H2,1H3,(H,35,36)/t22?,23?,28-/m0/s1. The van der Waals surface area contributed by atoms with Crippen molar-refractivity contribution in [2.45, 2.75) is 57.5 Å². The molecule has 0 aliphatic carbocycles. The van der Waals surface area contributed by atoms with Gasteiger partial charge < -0.3 is 19.8 Å². The van der Waals surface area contributed by atoms with E-state index < -0.39 is 12.1 Å². The summed E-state index contributed by atoms with van der Waals surface area (Å²) in [6, 6.07) is 7.61. The van der Waals surface area contributed by atoms with E-state index in [2.05, 4.69) is 19.9 Å². The van der Waals surface area contributed by atoms with Crippen LogP contribution in [0.15, 0.2) is 49.2 Å². The van der Waals surface area contributed by atoms with Gasteiger partial charge in [0.2, 0.25) is 0 Å². The number of fused-ring (bicyclic) bond motifs is 1. The number of unbranched alkanes of at least 4 members (excludes halogenated alkanes) is 1. The summed E-state index contributed by atoms with van der Waals surface area (Å²) in [4.78, 5) is 26.4. The molecule has 2 unspecified atom stereocenters. The van der Waals surface area contributed by atoms with E-state index in [0.717, 1.165) is 74.0 Å². The van der Waals surface area contributed by atoms with Crippen LogP contribution in [0.2, 0.25) is 0 Å². The molecule has 4 rings (SSSR count). The van der Waals surface area contributed by atoms with Crippen molar-refractivity contribution >= 4 is 16.9 Å². The maximum absolute atomic E-state index is 11.3. The molecule has 3 atom stereocenters. The highest BCUT2D eigenvalue weighted by Gasteiger charge is 2.30. The zero-order valence-electron chi connectivity index (χ0n) is 21.6. The molecule has 1 aliphatic heterocycles. The van der Waals surface area contributed by atoms with Gasteiger partial charge in [0.15, 0.2) is 0 Å². The maximum atomic E-state index is 11.3. The zero-order valence-corrected chi connectivity index (χ0v) is 21.6. The van der Waals surface area contributed by atoms with Gasteiger partial charge in [-0.25, -0.2) is 9.97 Å². The molecule has 0 amide bonds. The van der Waals surface area contributed by atoms with Crippen molar-refractivity contribution in [2.24, 2.45) is 11.8 Å². The molecular formula is C29H38N4O4. The van der Waals surface area contributed by atoms with Gasteiger partial charge in [-0.15, -0.1) is 0 Å². The molecule has 1 saturated heterocycles. The predicted octanol–water partition coefficient (Wildman–Crippen LogP) is 4.67. The fraction of sp³-hybridized carbons (Fsp3) is 0.517. The number of carbonyl (C=O) groups is 1. The number of rotatable bonds is 13. The lowest BCUT2D eigenvalue weighted by Crippen LogP contribution is -2.41. The van der Waals surface area contributed by atoms with Gasteiger partial charge in [0, 0.05) is 36.9 Å². The molecule has 3 aromatic rings. The fourth-order valence-electron chi connectivity index (χ4n) is 5.59. The SMILES string of the molecule is COc1ccc2nccc([C@@H](O)CCC3CCN(CCCCc4cncnc4)CC3CCC(=O)O)c2c1. The molecule has 0 saturated carbocycles. The van der Waals surface area contributed by atoms with Gasteiger partial charge in [0.1, 0.15) is 12.1 Å². The Bertz CT molecular complexity index is 1140. The first-order valence-electron chi connectivity index (χ1n) is 13.3. The number of pyridine rings is 1. The van der Waals surface area contributed by atoms with E-state index in [9.17, 15) is 15.0 Å². The summed E-state index contributed by atoms with van der Waals surface area (Å²) in [6.07, 6.45) is 13.0. The van der Waals surface area contributed by atoms with Crippen LogP contribution in [0.3, 0.4) is 0 Å². The second-order valence-corrected chi connectivity index (χ2v) is 10.1. The lowest BCUT2D eigenvalue weighted by molar-refractivity contribution is -0.137. The number of hydrogen-bond donors (Lipinski definition) is 2. The van der Waals surface area contributed by atoms with Crippen LogP contribution in [-0.4, -0.2) is 62.8 Å². The minimum absolute atomic E-state index is 0.195. The minimum atomic E-state index is -0.738. The molecule has 0 spiro atoms. The first-order valence-corrected chi connectivity index (χ1v) is 13.3. The lowest BCUT2D eigenvalue weighted by Gasteiger charge is -2.39. The van der Waals surface area contributed by atoms with Gasteiger partial charge in [-0.1, -0.05) is 0 Å². The molecule has 0 radical (unpaired) electrons. The second kappa shape index (κ2) is 13.4. The van der Waals surface area contributed by atoms with E-state index in [0.29, 0.717) is 24.7 Å². The topological polar surface area (TPSA) is 109 Å². The first kappa shape index (κ1) is 26.9. The molecular weight excluding hydrogens is 468 g/mol. The number of aliphatic hydroxyl groups is 1. The van der Waals surface area contributed by atoms with Gasteiger partial charge >= 0.3 is 5.97 Å². The number of hydrogen-bond acceptors (Lipinski definition) is 7. The average Bonchev–Trinajstić information content (AvgIpc) is 2.93. The van der Waals surface area contributed by atoms with Crippen LogP contribution < -0.4 is 4.74 Å². The number of likely N-dealkylation sites (tertiary alicyclic amines) is 1. The van der Waals surface area contributed by atoms with E-state index >= 15 is 0 Å². The van der Waals surface area contributed by atoms with Crippen molar-refractivity contribution < 1.29 is 19.7 Å². The van der Waals surface area contributed by atoms with Crippen LogP contribution in [0.25, 0.3) is 10.9 Å². The van der Waals surface area contributed by atoms with Crippen LogP contribution in [0, 0.1) is 11.8 Å². The Hall–Kier alpha value is -3.10. The molecule has 3 heterocycles. The van der Waals surface area contributed by atoms with E-state index in [4.69, 9.17) is 4.74 Å². The van der Waals surface area contributed by atoms with Crippen molar-refractivity contribution in [1.82, 2.24) is 19.9 Å². The summed E-state index contributed by atoms with van der Waals surface area (Å²) in [6.45, 7) is 2.98. The summed E-state index contributed by atoms with van der Waals surface area (Å²) < 4.78 is 5.37. The maximum Gasteiger partial charge on any atom is 0.303 e. The van der Waals surface area contributed by atoms with Crippen molar-refractivity contribution in [1.29, 1.82) is 0 Å². The Balaban J connectivity index is 1.32. The number of aromatic nitrogens is 3. The number of benzene rings is 1. The van der Waals surface area contributed by atoms with Crippen molar-refractivity contribution in [3.05, 3.63) is 60.3 Å². The quantitative estimate of drug-likeness (QED) is 0.322. The summed E-state index contributed by atoms with van der Waals surface area (Å²) in [7, 11) is 1.63. The van der Waals surface area contributed by atoms with Gasteiger partial charge in [-0.3, -0.25) is 9.78 Å². The highest BCUT2D eigenvalue weighted by atomic mass is 16.5. The molecule has 1 fully saturated rings. The molecule has 1 aromatic carbocycles. The number of methoxy groups -OCH3 is 1. The third kappa shape index (κ3) is 7.69. The Labute approximate surface area is 218 Å². The van der Waals surface area contributed by atoms with Gasteiger partial charge in [-0.2, -0.15) is 0 Å². The van der Waals surface area contributed by atoms with Crippen LogP contribution in [-0.2, 0) is 11.2 Å². The highest BCUT2D eigenvalue weighted by Crippen LogP contribution is 2.35. The van der Waals surface area contributed by atoms with E-state index in [-0.39, 0.29) is 6.42 Å². The Morgan fingerprint density at radius 3 is 2.78 bits per heavy atom. The summed E-state index contributed by atoms with van der Waals surface area (Å²) in [5.41, 5.74) is 2.87. The van der Waals surface area contributed by atoms with Gasteiger partial charge in [0.25, 0.3) is 0 Å².